The second-order valence-corrected chi connectivity index (χ2v) is 8.92. The molecule has 168 valence electrons. The zero-order valence-electron chi connectivity index (χ0n) is 17.2. The van der Waals surface area contributed by atoms with Crippen molar-refractivity contribution in [1.29, 1.82) is 0 Å². The average molecular weight is 465 g/mol. The molecule has 3 aromatic rings. The molecule has 1 heterocycles. The summed E-state index contributed by atoms with van der Waals surface area (Å²) in [6.45, 7) is -0.496. The molecule has 0 radical (unpaired) electrons. The molecule has 0 saturated heterocycles. The van der Waals surface area contributed by atoms with Gasteiger partial charge in [-0.05, 0) is 42.0 Å². The predicted molar refractivity (Wildman–Crippen MR) is 119 cm³/mol. The fraction of sp³-hybridized carbons (Fsp3) is 0.0870. The van der Waals surface area contributed by atoms with Crippen molar-refractivity contribution in [3.8, 4) is 0 Å². The number of sulfonamides is 1. The average Bonchev–Trinajstić information content (AvgIpc) is 3.02. The maximum atomic E-state index is 12.5. The van der Waals surface area contributed by atoms with E-state index in [-0.39, 0.29) is 28.6 Å². The summed E-state index contributed by atoms with van der Waals surface area (Å²) in [5.41, 5.74) is 1.62. The van der Waals surface area contributed by atoms with Crippen molar-refractivity contribution in [2.45, 2.75) is 11.4 Å². The normalized spacial score (nSPS) is 13.8. The van der Waals surface area contributed by atoms with E-state index in [1.165, 1.54) is 30.3 Å². The third-order valence-corrected chi connectivity index (χ3v) is 6.66. The van der Waals surface area contributed by atoms with Crippen LogP contribution in [-0.4, -0.2) is 37.4 Å². The van der Waals surface area contributed by atoms with E-state index in [2.05, 4.69) is 10.6 Å². The molecule has 0 spiro atoms. The Morgan fingerprint density at radius 1 is 0.879 bits per heavy atom. The summed E-state index contributed by atoms with van der Waals surface area (Å²) >= 11 is 0. The Bertz CT molecular complexity index is 1310. The van der Waals surface area contributed by atoms with E-state index >= 15 is 0 Å². The SMILES string of the molecule is O=C(NCc1ccc(C(=O)OCN2C(=O)c3ccccc3S2(=O)=O)cc1)Nc1ccccc1. The molecule has 0 aliphatic carbocycles. The number of benzene rings is 3. The number of fused-ring (bicyclic) bond motifs is 1. The van der Waals surface area contributed by atoms with Crippen LogP contribution < -0.4 is 10.6 Å². The highest BCUT2D eigenvalue weighted by Gasteiger charge is 2.41. The summed E-state index contributed by atoms with van der Waals surface area (Å²) in [6.07, 6.45) is 0. The first kappa shape index (κ1) is 22.0. The molecule has 4 rings (SSSR count). The summed E-state index contributed by atoms with van der Waals surface area (Å²) < 4.78 is 30.6. The number of rotatable bonds is 6. The molecule has 1 aliphatic rings. The van der Waals surface area contributed by atoms with Gasteiger partial charge in [-0.15, -0.1) is 0 Å². The zero-order valence-corrected chi connectivity index (χ0v) is 18.0. The third-order valence-electron chi connectivity index (χ3n) is 4.90. The van der Waals surface area contributed by atoms with Crippen LogP contribution in [0.3, 0.4) is 0 Å². The van der Waals surface area contributed by atoms with Crippen molar-refractivity contribution >= 4 is 33.6 Å². The molecule has 9 nitrogen and oxygen atoms in total. The van der Waals surface area contributed by atoms with Crippen LogP contribution in [0.15, 0.2) is 83.8 Å². The molecule has 0 bridgehead atoms. The molecular weight excluding hydrogens is 446 g/mol. The fourth-order valence-corrected chi connectivity index (χ4v) is 4.63. The minimum atomic E-state index is -4.06. The van der Waals surface area contributed by atoms with Crippen LogP contribution in [0.5, 0.6) is 0 Å². The number of hydrogen-bond acceptors (Lipinski definition) is 6. The highest BCUT2D eigenvalue weighted by atomic mass is 32.2. The topological polar surface area (TPSA) is 122 Å². The monoisotopic (exact) mass is 465 g/mol. The van der Waals surface area contributed by atoms with Crippen LogP contribution in [0.25, 0.3) is 0 Å². The van der Waals surface area contributed by atoms with Crippen LogP contribution in [-0.2, 0) is 21.3 Å². The Morgan fingerprint density at radius 2 is 1.55 bits per heavy atom. The second kappa shape index (κ2) is 9.13. The van der Waals surface area contributed by atoms with Gasteiger partial charge in [0.25, 0.3) is 15.9 Å². The molecule has 0 unspecified atom stereocenters. The molecule has 2 N–H and O–H groups in total. The molecule has 0 aromatic heterocycles. The number of hydrogen-bond donors (Lipinski definition) is 2. The number of anilines is 1. The van der Waals surface area contributed by atoms with Crippen molar-refractivity contribution < 1.29 is 27.5 Å². The van der Waals surface area contributed by atoms with E-state index in [4.69, 9.17) is 4.74 Å². The zero-order chi connectivity index (χ0) is 23.4. The number of nitrogens with zero attached hydrogens (tertiary/aromatic N) is 1. The first-order valence-electron chi connectivity index (χ1n) is 9.88. The van der Waals surface area contributed by atoms with E-state index in [0.29, 0.717) is 9.99 Å². The first-order valence-corrected chi connectivity index (χ1v) is 11.3. The number of para-hydroxylation sites is 1. The maximum absolute atomic E-state index is 12.5. The lowest BCUT2D eigenvalue weighted by molar-refractivity contribution is 0.0358. The van der Waals surface area contributed by atoms with E-state index in [0.717, 1.165) is 5.56 Å². The van der Waals surface area contributed by atoms with Crippen molar-refractivity contribution in [1.82, 2.24) is 9.62 Å². The van der Waals surface area contributed by atoms with Gasteiger partial charge in [-0.3, -0.25) is 4.79 Å². The largest absolute Gasteiger partial charge is 0.439 e. The Hall–Kier alpha value is -4.18. The fourth-order valence-electron chi connectivity index (χ4n) is 3.20. The van der Waals surface area contributed by atoms with Gasteiger partial charge in [0, 0.05) is 12.2 Å². The van der Waals surface area contributed by atoms with Crippen LogP contribution in [0.4, 0.5) is 10.5 Å². The quantitative estimate of drug-likeness (QED) is 0.540. The van der Waals surface area contributed by atoms with Gasteiger partial charge >= 0.3 is 12.0 Å². The van der Waals surface area contributed by atoms with Gasteiger partial charge in [0.2, 0.25) is 0 Å². The van der Waals surface area contributed by atoms with Gasteiger partial charge in [0.15, 0.2) is 6.73 Å². The van der Waals surface area contributed by atoms with Gasteiger partial charge in [-0.2, -0.15) is 4.31 Å². The number of nitrogens with one attached hydrogen (secondary N) is 2. The predicted octanol–water partition coefficient (Wildman–Crippen LogP) is 2.97. The van der Waals surface area contributed by atoms with Crippen LogP contribution in [0.2, 0.25) is 0 Å². The molecule has 3 amide bonds. The van der Waals surface area contributed by atoms with E-state index in [9.17, 15) is 22.8 Å². The van der Waals surface area contributed by atoms with Crippen molar-refractivity contribution in [3.63, 3.8) is 0 Å². The second-order valence-electron chi connectivity index (χ2n) is 7.09. The first-order chi connectivity index (χ1) is 15.9. The van der Waals surface area contributed by atoms with Crippen LogP contribution >= 0.6 is 0 Å². The van der Waals surface area contributed by atoms with E-state index in [1.807, 2.05) is 6.07 Å². The van der Waals surface area contributed by atoms with Gasteiger partial charge < -0.3 is 15.4 Å². The highest BCUT2D eigenvalue weighted by molar-refractivity contribution is 7.90. The molecule has 3 aromatic carbocycles. The molecule has 10 heteroatoms. The number of carbonyl (C=O) groups is 3. The molecule has 0 atom stereocenters. The number of urea groups is 1. The van der Waals surface area contributed by atoms with Crippen molar-refractivity contribution in [2.24, 2.45) is 0 Å². The Kier molecular flexibility index (Phi) is 6.09. The van der Waals surface area contributed by atoms with Gasteiger partial charge in [0.1, 0.15) is 4.90 Å². The lowest BCUT2D eigenvalue weighted by Gasteiger charge is -2.15. The Labute approximate surface area is 190 Å². The standard InChI is InChI=1S/C23H19N3O6S/c27-21-19-8-4-5-9-20(19)33(30,31)26(21)15-32-22(28)17-12-10-16(11-13-17)14-24-23(29)25-18-6-2-1-3-7-18/h1-13H,14-15H2,(H2,24,25,29). The van der Waals surface area contributed by atoms with E-state index < -0.39 is 28.6 Å². The minimum absolute atomic E-state index is 0.0432. The molecule has 1 aliphatic heterocycles. The number of esters is 1. The van der Waals surface area contributed by atoms with E-state index in [1.54, 1.807) is 42.5 Å². The number of ether oxygens (including phenoxy) is 1. The van der Waals surface area contributed by atoms with Crippen molar-refractivity contribution in [3.05, 3.63) is 95.6 Å². The number of carbonyl (C=O) groups excluding carboxylic acids is 3. The molecule has 33 heavy (non-hydrogen) atoms. The Balaban J connectivity index is 1.31. The lowest BCUT2D eigenvalue weighted by Crippen LogP contribution is -2.33. The lowest BCUT2D eigenvalue weighted by atomic mass is 10.1. The van der Waals surface area contributed by atoms with Crippen LogP contribution in [0.1, 0.15) is 26.3 Å². The minimum Gasteiger partial charge on any atom is -0.439 e. The summed E-state index contributed by atoms with van der Waals surface area (Å²) in [6, 6.07) is 20.7. The van der Waals surface area contributed by atoms with Gasteiger partial charge in [0.05, 0.1) is 11.1 Å². The summed E-state index contributed by atoms with van der Waals surface area (Å²) in [4.78, 5) is 36.5. The van der Waals surface area contributed by atoms with Crippen molar-refractivity contribution in [2.75, 3.05) is 12.0 Å². The summed E-state index contributed by atoms with van der Waals surface area (Å²) in [5.74, 6) is -1.52. The Morgan fingerprint density at radius 3 is 2.24 bits per heavy atom. The molecule has 0 fully saturated rings. The highest BCUT2D eigenvalue weighted by Crippen LogP contribution is 2.29. The maximum Gasteiger partial charge on any atom is 0.339 e. The number of amides is 3. The smallest absolute Gasteiger partial charge is 0.339 e. The van der Waals surface area contributed by atoms with Crippen LogP contribution in [0, 0.1) is 0 Å². The molecule has 0 saturated carbocycles. The third kappa shape index (κ3) is 4.70. The van der Waals surface area contributed by atoms with Gasteiger partial charge in [-0.1, -0.05) is 42.5 Å². The molecular formula is C23H19N3O6S. The summed E-state index contributed by atoms with van der Waals surface area (Å²) in [7, 11) is -4.06. The van der Waals surface area contributed by atoms with Gasteiger partial charge in [-0.25, -0.2) is 18.0 Å². The summed E-state index contributed by atoms with van der Waals surface area (Å²) in [5, 5.41) is 5.40.